The van der Waals surface area contributed by atoms with Crippen molar-refractivity contribution in [3.05, 3.63) is 29.3 Å². The van der Waals surface area contributed by atoms with E-state index in [1.165, 1.54) is 25.6 Å². The largest absolute Gasteiger partial charge is 0.490 e. The Hall–Kier alpha value is -1.74. The van der Waals surface area contributed by atoms with Gasteiger partial charge in [0.05, 0.1) is 16.7 Å². The molecule has 1 N–H and O–H groups in total. The summed E-state index contributed by atoms with van der Waals surface area (Å²) < 4.78 is 44.9. The molecular weight excluding hydrogens is 417 g/mol. The molecule has 0 atom stereocenters. The van der Waals surface area contributed by atoms with E-state index in [0.29, 0.717) is 11.7 Å². The highest BCUT2D eigenvalue weighted by Crippen LogP contribution is 2.37. The molecule has 1 aromatic rings. The number of hydrogen-bond acceptors (Lipinski definition) is 4. The summed E-state index contributed by atoms with van der Waals surface area (Å²) in [6.07, 6.45) is -2.70. The van der Waals surface area contributed by atoms with Crippen LogP contribution < -0.4 is 4.74 Å². The van der Waals surface area contributed by atoms with Crippen molar-refractivity contribution in [2.24, 2.45) is 4.99 Å². The van der Waals surface area contributed by atoms with Crippen molar-refractivity contribution in [3.63, 3.8) is 0 Å². The topological polar surface area (TPSA) is 62.1 Å². The first kappa shape index (κ1) is 24.5. The molecule has 0 bridgehead atoms. The molecule has 1 amide bonds. The van der Waals surface area contributed by atoms with Gasteiger partial charge in [-0.2, -0.15) is 18.2 Å². The van der Waals surface area contributed by atoms with Crippen molar-refractivity contribution in [1.82, 2.24) is 4.90 Å². The quantitative estimate of drug-likeness (QED) is 0.640. The molecule has 1 saturated heterocycles. The molecule has 1 aliphatic heterocycles. The average Bonchev–Trinajstić information content (AvgIpc) is 2.89. The van der Waals surface area contributed by atoms with E-state index in [-0.39, 0.29) is 22.7 Å². The zero-order chi connectivity index (χ0) is 22.7. The number of aliphatic hydroxyl groups is 1. The molecule has 1 heterocycles. The number of amides is 1. The molecule has 9 heteroatoms. The van der Waals surface area contributed by atoms with Gasteiger partial charge in [-0.3, -0.25) is 4.79 Å². The highest BCUT2D eigenvalue weighted by atomic mass is 32.2. The lowest BCUT2D eigenvalue weighted by atomic mass is 10.1. The molecule has 1 aromatic carbocycles. The number of amidine groups is 1. The van der Waals surface area contributed by atoms with Gasteiger partial charge in [0.1, 0.15) is 12.4 Å². The van der Waals surface area contributed by atoms with Crippen LogP contribution in [0.1, 0.15) is 63.4 Å². The molecule has 5 nitrogen and oxygen atoms in total. The molecule has 1 aliphatic rings. The summed E-state index contributed by atoms with van der Waals surface area (Å²) in [5, 5.41) is 10.4. The van der Waals surface area contributed by atoms with Gasteiger partial charge in [0.2, 0.25) is 0 Å². The van der Waals surface area contributed by atoms with Gasteiger partial charge in [0.25, 0.3) is 5.91 Å². The van der Waals surface area contributed by atoms with Crippen LogP contribution in [0, 0.1) is 0 Å². The van der Waals surface area contributed by atoms with E-state index in [2.05, 4.69) is 11.9 Å². The predicted octanol–water partition coefficient (Wildman–Crippen LogP) is 4.98. The highest BCUT2D eigenvalue weighted by molar-refractivity contribution is 8.15. The fraction of sp³-hybridized carbons (Fsp3) is 0.619. The average molecular weight is 447 g/mol. The van der Waals surface area contributed by atoms with Crippen LogP contribution in [0.3, 0.4) is 0 Å². The fourth-order valence-corrected chi connectivity index (χ4v) is 4.02. The fourth-order valence-electron chi connectivity index (χ4n) is 2.89. The Labute approximate surface area is 179 Å². The van der Waals surface area contributed by atoms with Crippen LogP contribution >= 0.6 is 11.8 Å². The lowest BCUT2D eigenvalue weighted by Crippen LogP contribution is -2.30. The molecule has 2 rings (SSSR count). The van der Waals surface area contributed by atoms with Crippen LogP contribution in [0.5, 0.6) is 5.75 Å². The van der Waals surface area contributed by atoms with Crippen LogP contribution in [-0.2, 0) is 6.18 Å². The number of rotatable bonds is 7. The summed E-state index contributed by atoms with van der Waals surface area (Å²) in [5.41, 5.74) is -2.44. The van der Waals surface area contributed by atoms with Gasteiger partial charge in [-0.25, -0.2) is 0 Å². The van der Waals surface area contributed by atoms with E-state index >= 15 is 0 Å². The van der Waals surface area contributed by atoms with Crippen LogP contribution in [0.2, 0.25) is 0 Å². The van der Waals surface area contributed by atoms with Crippen molar-refractivity contribution in [3.8, 4) is 5.75 Å². The standard InChI is InChI=1S/C21H29F3N2O3S/c1-6-7-10-26-12-20(4,5)30-18(26)25-17(27)15-11-14(21(22,23)24)8-9-16(15)29-13-19(2,3)28/h8-9,11,28H,6-7,10,12-13H2,1-5H3. The van der Waals surface area contributed by atoms with Crippen molar-refractivity contribution in [1.29, 1.82) is 0 Å². The molecule has 0 aliphatic carbocycles. The summed E-state index contributed by atoms with van der Waals surface area (Å²) in [5.74, 6) is -0.838. The van der Waals surface area contributed by atoms with Crippen molar-refractivity contribution >= 4 is 22.8 Å². The minimum Gasteiger partial charge on any atom is -0.490 e. The lowest BCUT2D eigenvalue weighted by molar-refractivity contribution is -0.137. The first-order valence-corrected chi connectivity index (χ1v) is 10.7. The number of nitrogens with zero attached hydrogens (tertiary/aromatic N) is 2. The zero-order valence-electron chi connectivity index (χ0n) is 18.0. The normalized spacial score (nSPS) is 18.2. The molecule has 1 fully saturated rings. The minimum absolute atomic E-state index is 0.0400. The second-order valence-electron chi connectivity index (χ2n) is 8.65. The summed E-state index contributed by atoms with van der Waals surface area (Å²) in [6.45, 7) is 10.4. The number of hydrogen-bond donors (Lipinski definition) is 1. The maximum atomic E-state index is 13.2. The number of carbonyl (C=O) groups excluding carboxylic acids is 1. The van der Waals surface area contributed by atoms with Crippen LogP contribution in [0.15, 0.2) is 23.2 Å². The molecule has 30 heavy (non-hydrogen) atoms. The second kappa shape index (κ2) is 9.18. The first-order valence-electron chi connectivity index (χ1n) is 9.85. The number of benzene rings is 1. The van der Waals surface area contributed by atoms with Gasteiger partial charge in [0.15, 0.2) is 5.17 Å². The Morgan fingerprint density at radius 2 is 2.00 bits per heavy atom. The zero-order valence-corrected chi connectivity index (χ0v) is 18.8. The van der Waals surface area contributed by atoms with Gasteiger partial charge in [0, 0.05) is 17.8 Å². The number of alkyl halides is 3. The third kappa shape index (κ3) is 6.91. The van der Waals surface area contributed by atoms with Crippen LogP contribution in [0.25, 0.3) is 0 Å². The number of aliphatic imine (C=N–C) groups is 1. The Morgan fingerprint density at radius 3 is 2.57 bits per heavy atom. The Morgan fingerprint density at radius 1 is 1.33 bits per heavy atom. The molecule has 0 radical (unpaired) electrons. The smallest absolute Gasteiger partial charge is 0.416 e. The maximum absolute atomic E-state index is 13.2. The van der Waals surface area contributed by atoms with Gasteiger partial charge >= 0.3 is 6.18 Å². The third-order valence-corrected chi connectivity index (χ3v) is 5.52. The van der Waals surface area contributed by atoms with Crippen LogP contribution in [0.4, 0.5) is 13.2 Å². The van der Waals surface area contributed by atoms with Gasteiger partial charge < -0.3 is 14.7 Å². The molecule has 0 saturated carbocycles. The summed E-state index contributed by atoms with van der Waals surface area (Å²) in [6, 6.07) is 2.71. The van der Waals surface area contributed by atoms with Crippen LogP contribution in [-0.4, -0.2) is 51.1 Å². The van der Waals surface area contributed by atoms with E-state index in [1.54, 1.807) is 0 Å². The Balaban J connectivity index is 2.40. The monoisotopic (exact) mass is 446 g/mol. The molecular formula is C21H29F3N2O3S. The highest BCUT2D eigenvalue weighted by Gasteiger charge is 2.36. The summed E-state index contributed by atoms with van der Waals surface area (Å²) in [7, 11) is 0. The molecule has 0 spiro atoms. The van der Waals surface area contributed by atoms with E-state index < -0.39 is 23.2 Å². The number of carbonyl (C=O) groups is 1. The second-order valence-corrected chi connectivity index (χ2v) is 10.3. The molecule has 168 valence electrons. The first-order chi connectivity index (χ1) is 13.7. The number of unbranched alkanes of at least 4 members (excludes halogenated alkanes) is 1. The summed E-state index contributed by atoms with van der Waals surface area (Å²) >= 11 is 1.43. The Bertz CT molecular complexity index is 802. The van der Waals surface area contributed by atoms with Crippen molar-refractivity contribution in [2.45, 2.75) is 64.0 Å². The lowest BCUT2D eigenvalue weighted by Gasteiger charge is -2.20. The van der Waals surface area contributed by atoms with E-state index in [4.69, 9.17) is 4.74 Å². The number of halogens is 3. The predicted molar refractivity (Wildman–Crippen MR) is 113 cm³/mol. The number of ether oxygens (including phenoxy) is 1. The van der Waals surface area contributed by atoms with Gasteiger partial charge in [-0.1, -0.05) is 25.1 Å². The van der Waals surface area contributed by atoms with Gasteiger partial charge in [-0.05, 0) is 52.3 Å². The maximum Gasteiger partial charge on any atom is 0.416 e. The van der Waals surface area contributed by atoms with Gasteiger partial charge in [-0.15, -0.1) is 0 Å². The van der Waals surface area contributed by atoms with Crippen molar-refractivity contribution in [2.75, 3.05) is 19.7 Å². The molecule has 0 unspecified atom stereocenters. The van der Waals surface area contributed by atoms with E-state index in [0.717, 1.165) is 37.6 Å². The third-order valence-electron chi connectivity index (χ3n) is 4.31. The van der Waals surface area contributed by atoms with E-state index in [1.807, 2.05) is 18.7 Å². The van der Waals surface area contributed by atoms with Crippen molar-refractivity contribution < 1.29 is 27.8 Å². The minimum atomic E-state index is -4.60. The van der Waals surface area contributed by atoms with E-state index in [9.17, 15) is 23.1 Å². The SMILES string of the molecule is CCCCN1CC(C)(C)SC1=NC(=O)c1cc(C(F)(F)F)ccc1OCC(C)(C)O. The number of thioether (sulfide) groups is 1. The Kier molecular flexibility index (Phi) is 7.50. The molecule has 0 aromatic heterocycles. The summed E-state index contributed by atoms with van der Waals surface area (Å²) in [4.78, 5) is 19.1.